The van der Waals surface area contributed by atoms with Crippen molar-refractivity contribution in [1.82, 2.24) is 0 Å². The molecule has 0 N–H and O–H groups in total. The van der Waals surface area contributed by atoms with Gasteiger partial charge in [0.1, 0.15) is 0 Å². The molecule has 1 aliphatic carbocycles. The molecule has 0 saturated carbocycles. The Morgan fingerprint density at radius 2 is 1.92 bits per heavy atom. The Kier molecular flexibility index (Phi) is 2.16. The van der Waals surface area contributed by atoms with Gasteiger partial charge in [-0.05, 0) is 6.92 Å². The molecule has 0 aliphatic heterocycles. The van der Waals surface area contributed by atoms with Crippen molar-refractivity contribution >= 4 is 14.0 Å². The molecular formula is C9H16O2Si. The fraction of sp³-hybridized carbons (Fsp3) is 0.667. The van der Waals surface area contributed by atoms with E-state index in [0.717, 1.165) is 0 Å². The van der Waals surface area contributed by atoms with Crippen molar-refractivity contribution in [3.05, 3.63) is 12.2 Å². The van der Waals surface area contributed by atoms with Gasteiger partial charge in [0.2, 0.25) is 0 Å². The van der Waals surface area contributed by atoms with Crippen molar-refractivity contribution in [2.45, 2.75) is 31.6 Å². The number of hydrogen-bond acceptors (Lipinski definition) is 2. The van der Waals surface area contributed by atoms with E-state index >= 15 is 0 Å². The molecule has 1 rings (SSSR count). The number of rotatable bonds is 3. The molecule has 3 heteroatoms. The highest BCUT2D eigenvalue weighted by molar-refractivity contribution is 6.84. The predicted octanol–water partition coefficient (Wildman–Crippen LogP) is 2.20. The van der Waals surface area contributed by atoms with E-state index in [2.05, 4.69) is 19.6 Å². The molecule has 0 heterocycles. The molecule has 0 amide bonds. The standard InChI is InChI=1S/C9H16O2Si/c1-5-11-8(10)9(6-7-9)12(2,3)4/h6-7H,5H2,1-4H3. The molecular weight excluding hydrogens is 168 g/mol. The first kappa shape index (κ1) is 9.51. The molecule has 0 aromatic heterocycles. The first-order valence-corrected chi connectivity index (χ1v) is 7.81. The molecule has 0 atom stereocenters. The molecule has 0 bridgehead atoms. The van der Waals surface area contributed by atoms with Crippen LogP contribution in [0, 0.1) is 0 Å². The predicted molar refractivity (Wildman–Crippen MR) is 51.8 cm³/mol. The maximum Gasteiger partial charge on any atom is 0.316 e. The van der Waals surface area contributed by atoms with Gasteiger partial charge >= 0.3 is 5.97 Å². The summed E-state index contributed by atoms with van der Waals surface area (Å²) in [4.78, 5) is 11.5. The summed E-state index contributed by atoms with van der Waals surface area (Å²) in [6.07, 6.45) is 3.97. The van der Waals surface area contributed by atoms with Crippen LogP contribution in [0.5, 0.6) is 0 Å². The molecule has 0 radical (unpaired) electrons. The Morgan fingerprint density at radius 3 is 2.17 bits per heavy atom. The summed E-state index contributed by atoms with van der Waals surface area (Å²) in [6.45, 7) is 8.88. The van der Waals surface area contributed by atoms with Gasteiger partial charge in [0.25, 0.3) is 0 Å². The zero-order valence-corrected chi connectivity index (χ0v) is 9.18. The van der Waals surface area contributed by atoms with Crippen LogP contribution in [0.2, 0.25) is 24.7 Å². The van der Waals surface area contributed by atoms with Gasteiger partial charge in [0, 0.05) is 0 Å². The molecule has 68 valence electrons. The van der Waals surface area contributed by atoms with Crippen molar-refractivity contribution in [2.24, 2.45) is 0 Å². The Balaban J connectivity index is 2.68. The number of carbonyl (C=O) groups excluding carboxylic acids is 1. The largest absolute Gasteiger partial charge is 0.465 e. The van der Waals surface area contributed by atoms with E-state index in [-0.39, 0.29) is 11.0 Å². The van der Waals surface area contributed by atoms with Crippen LogP contribution in [0.15, 0.2) is 12.2 Å². The number of carbonyl (C=O) groups is 1. The Morgan fingerprint density at radius 1 is 1.42 bits per heavy atom. The van der Waals surface area contributed by atoms with Crippen LogP contribution in [0.3, 0.4) is 0 Å². The summed E-state index contributed by atoms with van der Waals surface area (Å²) in [5.74, 6) is -0.0517. The summed E-state index contributed by atoms with van der Waals surface area (Å²) in [5.41, 5.74) is 0. The minimum atomic E-state index is -1.46. The van der Waals surface area contributed by atoms with Gasteiger partial charge in [-0.3, -0.25) is 4.79 Å². The van der Waals surface area contributed by atoms with Crippen molar-refractivity contribution in [3.63, 3.8) is 0 Å². The average molecular weight is 184 g/mol. The molecule has 0 aromatic carbocycles. The van der Waals surface area contributed by atoms with Crippen LogP contribution in [-0.4, -0.2) is 20.7 Å². The Hall–Kier alpha value is -0.573. The Bertz CT molecular complexity index is 219. The van der Waals surface area contributed by atoms with Crippen LogP contribution in [0.1, 0.15) is 6.92 Å². The van der Waals surface area contributed by atoms with Crippen LogP contribution in [0.4, 0.5) is 0 Å². The van der Waals surface area contributed by atoms with Gasteiger partial charge in [0.15, 0.2) is 0 Å². The average Bonchev–Trinajstić information content (AvgIpc) is 2.63. The second-order valence-electron chi connectivity index (χ2n) is 4.17. The number of hydrogen-bond donors (Lipinski definition) is 0. The molecule has 2 nitrogen and oxygen atoms in total. The third-order valence-corrected chi connectivity index (χ3v) is 5.37. The van der Waals surface area contributed by atoms with E-state index in [1.807, 2.05) is 19.1 Å². The van der Waals surface area contributed by atoms with Gasteiger partial charge in [-0.15, -0.1) is 0 Å². The maximum absolute atomic E-state index is 11.5. The smallest absolute Gasteiger partial charge is 0.316 e. The molecule has 0 unspecified atom stereocenters. The minimum absolute atomic E-state index is 0.0517. The van der Waals surface area contributed by atoms with Gasteiger partial charge in [-0.2, -0.15) is 0 Å². The zero-order chi connectivity index (χ0) is 9.41. The third-order valence-electron chi connectivity index (χ3n) is 2.35. The number of esters is 1. The van der Waals surface area contributed by atoms with Crippen molar-refractivity contribution in [3.8, 4) is 0 Å². The summed E-state index contributed by atoms with van der Waals surface area (Å²) in [6, 6.07) is 0. The van der Waals surface area contributed by atoms with E-state index in [1.54, 1.807) is 0 Å². The first-order valence-electron chi connectivity index (χ1n) is 4.31. The second kappa shape index (κ2) is 2.73. The second-order valence-corrected chi connectivity index (χ2v) is 9.50. The summed E-state index contributed by atoms with van der Waals surface area (Å²) >= 11 is 0. The van der Waals surface area contributed by atoms with E-state index in [0.29, 0.717) is 6.61 Å². The molecule has 0 saturated heterocycles. The topological polar surface area (TPSA) is 26.3 Å². The highest BCUT2D eigenvalue weighted by Gasteiger charge is 2.54. The van der Waals surface area contributed by atoms with E-state index < -0.39 is 8.07 Å². The lowest BCUT2D eigenvalue weighted by Crippen LogP contribution is -2.37. The van der Waals surface area contributed by atoms with Crippen LogP contribution in [-0.2, 0) is 9.53 Å². The first-order chi connectivity index (χ1) is 5.44. The molecule has 0 spiro atoms. The summed E-state index contributed by atoms with van der Waals surface area (Å²) < 4.78 is 5.03. The number of ether oxygens (including phenoxy) is 1. The molecule has 0 aromatic rings. The van der Waals surface area contributed by atoms with Crippen molar-refractivity contribution in [1.29, 1.82) is 0 Å². The van der Waals surface area contributed by atoms with E-state index in [1.165, 1.54) is 0 Å². The summed E-state index contributed by atoms with van der Waals surface area (Å²) in [5, 5.41) is -0.275. The maximum atomic E-state index is 11.5. The molecule has 1 aliphatic rings. The van der Waals surface area contributed by atoms with E-state index in [4.69, 9.17) is 4.74 Å². The third kappa shape index (κ3) is 1.33. The van der Waals surface area contributed by atoms with Crippen LogP contribution < -0.4 is 0 Å². The van der Waals surface area contributed by atoms with Crippen LogP contribution >= 0.6 is 0 Å². The van der Waals surface area contributed by atoms with Gasteiger partial charge in [-0.1, -0.05) is 31.8 Å². The molecule has 12 heavy (non-hydrogen) atoms. The zero-order valence-electron chi connectivity index (χ0n) is 8.18. The lowest BCUT2D eigenvalue weighted by Gasteiger charge is -2.26. The van der Waals surface area contributed by atoms with Gasteiger partial charge in [-0.25, -0.2) is 0 Å². The lowest BCUT2D eigenvalue weighted by atomic mass is 10.4. The normalized spacial score (nSPS) is 19.0. The quantitative estimate of drug-likeness (QED) is 0.382. The minimum Gasteiger partial charge on any atom is -0.465 e. The fourth-order valence-corrected chi connectivity index (χ4v) is 3.04. The van der Waals surface area contributed by atoms with Gasteiger partial charge < -0.3 is 4.74 Å². The van der Waals surface area contributed by atoms with Crippen LogP contribution in [0.25, 0.3) is 0 Å². The summed E-state index contributed by atoms with van der Waals surface area (Å²) in [7, 11) is -1.46. The lowest BCUT2D eigenvalue weighted by molar-refractivity contribution is -0.143. The molecule has 0 fully saturated rings. The van der Waals surface area contributed by atoms with Crippen molar-refractivity contribution < 1.29 is 9.53 Å². The SMILES string of the molecule is CCOC(=O)C1([Si](C)(C)C)C=C1. The Labute approximate surface area is 74.6 Å². The van der Waals surface area contributed by atoms with E-state index in [9.17, 15) is 4.79 Å². The van der Waals surface area contributed by atoms with Crippen molar-refractivity contribution in [2.75, 3.05) is 6.61 Å². The fourth-order valence-electron chi connectivity index (χ4n) is 1.28. The monoisotopic (exact) mass is 184 g/mol. The highest BCUT2D eigenvalue weighted by Crippen LogP contribution is 2.52. The van der Waals surface area contributed by atoms with Gasteiger partial charge in [0.05, 0.1) is 19.7 Å². The highest BCUT2D eigenvalue weighted by atomic mass is 28.3.